The molecular formula is C15H18N4O2. The minimum atomic E-state index is -0.193. The number of anilines is 1. The summed E-state index contributed by atoms with van der Waals surface area (Å²) in [6.07, 6.45) is 4.36. The van der Waals surface area contributed by atoms with Crippen molar-refractivity contribution in [2.75, 3.05) is 24.5 Å². The zero-order chi connectivity index (χ0) is 14.4. The van der Waals surface area contributed by atoms with Gasteiger partial charge in [0, 0.05) is 25.8 Å². The van der Waals surface area contributed by atoms with Gasteiger partial charge in [0.1, 0.15) is 11.9 Å². The van der Waals surface area contributed by atoms with Crippen LogP contribution in [0.1, 0.15) is 19.3 Å². The molecule has 3 aliphatic rings. The summed E-state index contributed by atoms with van der Waals surface area (Å²) in [5.41, 5.74) is 0. The Hall–Kier alpha value is -2.11. The van der Waals surface area contributed by atoms with Crippen molar-refractivity contribution in [3.63, 3.8) is 0 Å². The van der Waals surface area contributed by atoms with Crippen LogP contribution in [-0.4, -0.2) is 58.4 Å². The summed E-state index contributed by atoms with van der Waals surface area (Å²) in [5, 5.41) is 0. The third-order valence-corrected chi connectivity index (χ3v) is 4.73. The van der Waals surface area contributed by atoms with Gasteiger partial charge in [0.2, 0.25) is 0 Å². The van der Waals surface area contributed by atoms with Crippen molar-refractivity contribution < 1.29 is 9.59 Å². The average molecular weight is 286 g/mol. The Morgan fingerprint density at radius 3 is 2.81 bits per heavy atom. The summed E-state index contributed by atoms with van der Waals surface area (Å²) < 4.78 is 0. The fraction of sp³-hybridized carbons (Fsp3) is 0.533. The Labute approximate surface area is 123 Å². The number of rotatable bonds is 2. The number of carbonyl (C=O) groups is 2. The standard InChI is InChI=1S/C15H18N4O2/c20-14-12-4-3-8-18(12)15(21)19(14)11-6-9-17(10-11)13-5-1-2-7-16-13/h1-2,5,7,11-12H,3-4,6,8-10H2. The summed E-state index contributed by atoms with van der Waals surface area (Å²) in [6.45, 7) is 2.25. The molecule has 2 unspecified atom stereocenters. The van der Waals surface area contributed by atoms with E-state index in [1.54, 1.807) is 11.1 Å². The fourth-order valence-electron chi connectivity index (χ4n) is 3.68. The number of fused-ring (bicyclic) bond motifs is 1. The number of hydrogen-bond donors (Lipinski definition) is 0. The molecular weight excluding hydrogens is 268 g/mol. The van der Waals surface area contributed by atoms with Crippen LogP contribution < -0.4 is 4.90 Å². The van der Waals surface area contributed by atoms with Gasteiger partial charge in [-0.25, -0.2) is 9.78 Å². The summed E-state index contributed by atoms with van der Waals surface area (Å²) in [6, 6.07) is 5.51. The first-order valence-electron chi connectivity index (χ1n) is 7.55. The van der Waals surface area contributed by atoms with E-state index < -0.39 is 0 Å². The minimum Gasteiger partial charge on any atom is -0.354 e. The Kier molecular flexibility index (Phi) is 2.83. The van der Waals surface area contributed by atoms with E-state index in [0.717, 1.165) is 38.2 Å². The molecule has 6 nitrogen and oxygen atoms in total. The summed E-state index contributed by atoms with van der Waals surface area (Å²) in [4.78, 5) is 34.6. The van der Waals surface area contributed by atoms with Crippen LogP contribution in [0.5, 0.6) is 0 Å². The second kappa shape index (κ2) is 4.72. The lowest BCUT2D eigenvalue weighted by atomic mass is 10.2. The second-order valence-electron chi connectivity index (χ2n) is 5.92. The third-order valence-electron chi connectivity index (χ3n) is 4.73. The van der Waals surface area contributed by atoms with Gasteiger partial charge < -0.3 is 9.80 Å². The Morgan fingerprint density at radius 2 is 2.05 bits per heavy atom. The van der Waals surface area contributed by atoms with E-state index in [2.05, 4.69) is 9.88 Å². The fourth-order valence-corrected chi connectivity index (χ4v) is 3.68. The molecule has 0 radical (unpaired) electrons. The molecule has 21 heavy (non-hydrogen) atoms. The van der Waals surface area contributed by atoms with Gasteiger partial charge >= 0.3 is 6.03 Å². The largest absolute Gasteiger partial charge is 0.354 e. The van der Waals surface area contributed by atoms with Crippen LogP contribution in [0.2, 0.25) is 0 Å². The third kappa shape index (κ3) is 1.89. The normalized spacial score (nSPS) is 28.7. The highest BCUT2D eigenvalue weighted by atomic mass is 16.2. The van der Waals surface area contributed by atoms with E-state index >= 15 is 0 Å². The van der Waals surface area contributed by atoms with Crippen LogP contribution >= 0.6 is 0 Å². The molecule has 0 spiro atoms. The van der Waals surface area contributed by atoms with Gasteiger partial charge in [0.05, 0.1) is 6.04 Å². The Bertz CT molecular complexity index is 554. The van der Waals surface area contributed by atoms with Crippen LogP contribution in [0.4, 0.5) is 10.6 Å². The van der Waals surface area contributed by atoms with Crippen LogP contribution in [0.25, 0.3) is 0 Å². The second-order valence-corrected chi connectivity index (χ2v) is 5.92. The first-order valence-corrected chi connectivity index (χ1v) is 7.55. The molecule has 0 N–H and O–H groups in total. The van der Waals surface area contributed by atoms with Crippen LogP contribution in [0, 0.1) is 0 Å². The monoisotopic (exact) mass is 286 g/mol. The number of carbonyl (C=O) groups excluding carboxylic acids is 2. The maximum Gasteiger partial charge on any atom is 0.327 e. The highest BCUT2D eigenvalue weighted by Gasteiger charge is 2.50. The van der Waals surface area contributed by atoms with Gasteiger partial charge in [0.25, 0.3) is 5.91 Å². The maximum atomic E-state index is 12.5. The minimum absolute atomic E-state index is 0.00497. The molecule has 6 heteroatoms. The predicted molar refractivity (Wildman–Crippen MR) is 76.8 cm³/mol. The maximum absolute atomic E-state index is 12.5. The van der Waals surface area contributed by atoms with E-state index in [9.17, 15) is 9.59 Å². The summed E-state index contributed by atoms with van der Waals surface area (Å²) >= 11 is 0. The lowest BCUT2D eigenvalue weighted by molar-refractivity contribution is -0.129. The molecule has 110 valence electrons. The van der Waals surface area contributed by atoms with Crippen molar-refractivity contribution in [1.82, 2.24) is 14.8 Å². The van der Waals surface area contributed by atoms with E-state index in [-0.39, 0.29) is 24.0 Å². The molecule has 1 aromatic rings. The smallest absolute Gasteiger partial charge is 0.327 e. The topological polar surface area (TPSA) is 56.8 Å². The summed E-state index contributed by atoms with van der Waals surface area (Å²) in [5.74, 6) is 0.921. The van der Waals surface area contributed by atoms with Gasteiger partial charge in [-0.05, 0) is 31.4 Å². The molecule has 2 atom stereocenters. The highest BCUT2D eigenvalue weighted by Crippen LogP contribution is 2.31. The highest BCUT2D eigenvalue weighted by molar-refractivity contribution is 6.05. The molecule has 3 aliphatic heterocycles. The van der Waals surface area contributed by atoms with Gasteiger partial charge in [-0.2, -0.15) is 0 Å². The van der Waals surface area contributed by atoms with Crippen LogP contribution in [0.3, 0.4) is 0 Å². The number of aromatic nitrogens is 1. The van der Waals surface area contributed by atoms with Crippen molar-refractivity contribution in [3.8, 4) is 0 Å². The molecule has 1 aromatic heterocycles. The Morgan fingerprint density at radius 1 is 1.14 bits per heavy atom. The number of urea groups is 1. The lowest BCUT2D eigenvalue weighted by Gasteiger charge is -2.23. The number of amides is 3. The van der Waals surface area contributed by atoms with Crippen molar-refractivity contribution >= 4 is 17.8 Å². The van der Waals surface area contributed by atoms with Crippen molar-refractivity contribution in [2.24, 2.45) is 0 Å². The van der Waals surface area contributed by atoms with Gasteiger partial charge in [-0.1, -0.05) is 6.07 Å². The Balaban J connectivity index is 1.51. The molecule has 0 bridgehead atoms. The zero-order valence-electron chi connectivity index (χ0n) is 11.8. The van der Waals surface area contributed by atoms with E-state index in [1.165, 1.54) is 4.90 Å². The molecule has 4 rings (SSSR count). The average Bonchev–Trinajstić information content (AvgIpc) is 3.20. The van der Waals surface area contributed by atoms with E-state index in [4.69, 9.17) is 0 Å². The molecule has 0 aliphatic carbocycles. The van der Waals surface area contributed by atoms with Crippen molar-refractivity contribution in [2.45, 2.75) is 31.3 Å². The molecule has 4 heterocycles. The molecule has 0 saturated carbocycles. The molecule has 3 amide bonds. The molecule has 0 aromatic carbocycles. The number of hydrogen-bond acceptors (Lipinski definition) is 4. The van der Waals surface area contributed by atoms with Gasteiger partial charge in [-0.3, -0.25) is 9.69 Å². The first kappa shape index (κ1) is 12.6. The SMILES string of the molecule is O=C1C2CCCN2C(=O)N1C1CCN(c2ccccn2)C1. The predicted octanol–water partition coefficient (Wildman–Crippen LogP) is 1.09. The molecule has 3 saturated heterocycles. The summed E-state index contributed by atoms with van der Waals surface area (Å²) in [7, 11) is 0. The van der Waals surface area contributed by atoms with Crippen LogP contribution in [0.15, 0.2) is 24.4 Å². The zero-order valence-corrected chi connectivity index (χ0v) is 11.8. The van der Waals surface area contributed by atoms with Crippen molar-refractivity contribution in [1.29, 1.82) is 0 Å². The van der Waals surface area contributed by atoms with E-state index in [0.29, 0.717) is 6.54 Å². The van der Waals surface area contributed by atoms with Crippen molar-refractivity contribution in [3.05, 3.63) is 24.4 Å². The quantitative estimate of drug-likeness (QED) is 0.764. The lowest BCUT2D eigenvalue weighted by Crippen LogP contribution is -2.43. The molecule has 3 fully saturated rings. The van der Waals surface area contributed by atoms with E-state index in [1.807, 2.05) is 18.2 Å². The number of pyridine rings is 1. The number of imide groups is 1. The number of nitrogens with zero attached hydrogens (tertiary/aromatic N) is 4. The first-order chi connectivity index (χ1) is 10.3. The van der Waals surface area contributed by atoms with Gasteiger partial charge in [-0.15, -0.1) is 0 Å². The van der Waals surface area contributed by atoms with Gasteiger partial charge in [0.15, 0.2) is 0 Å². The van der Waals surface area contributed by atoms with Crippen LogP contribution in [-0.2, 0) is 4.79 Å².